The number of hydrogen-bond donors (Lipinski definition) is 2. The number of rotatable bonds is 6. The molecule has 0 aromatic heterocycles. The summed E-state index contributed by atoms with van der Waals surface area (Å²) >= 11 is 0. The van der Waals surface area contributed by atoms with Gasteiger partial charge in [0, 0.05) is 17.7 Å². The summed E-state index contributed by atoms with van der Waals surface area (Å²) in [6, 6.07) is 2.92. The molecule has 1 aromatic carbocycles. The largest absolute Gasteiger partial charge is 0.504 e. The van der Waals surface area contributed by atoms with E-state index >= 15 is 0 Å². The number of methoxy groups -OCH3 is 1. The van der Waals surface area contributed by atoms with Crippen molar-refractivity contribution in [1.29, 1.82) is 0 Å². The molecular formula is C12H15NO5. The van der Waals surface area contributed by atoms with Crippen LogP contribution in [0.3, 0.4) is 0 Å². The van der Waals surface area contributed by atoms with E-state index in [1.807, 2.05) is 0 Å². The maximum Gasteiger partial charge on any atom is 0.317 e. The van der Waals surface area contributed by atoms with E-state index in [9.17, 15) is 14.7 Å². The molecule has 0 aliphatic heterocycles. The molecule has 0 unspecified atom stereocenters. The van der Waals surface area contributed by atoms with Crippen molar-refractivity contribution in [2.75, 3.05) is 20.7 Å². The van der Waals surface area contributed by atoms with Gasteiger partial charge in [-0.25, -0.2) is 0 Å². The molecule has 0 aliphatic rings. The van der Waals surface area contributed by atoms with Crippen LogP contribution in [0.15, 0.2) is 12.1 Å². The van der Waals surface area contributed by atoms with Crippen LogP contribution in [0.2, 0.25) is 0 Å². The highest BCUT2D eigenvalue weighted by atomic mass is 16.5. The molecule has 0 heterocycles. The van der Waals surface area contributed by atoms with Crippen molar-refractivity contribution in [3.05, 3.63) is 23.3 Å². The predicted molar refractivity (Wildman–Crippen MR) is 64.0 cm³/mol. The lowest BCUT2D eigenvalue weighted by atomic mass is 10.1. The fourth-order valence-electron chi connectivity index (χ4n) is 1.61. The van der Waals surface area contributed by atoms with E-state index in [0.717, 1.165) is 0 Å². The normalized spacial score (nSPS) is 10.4. The lowest BCUT2D eigenvalue weighted by Gasteiger charge is -2.16. The highest BCUT2D eigenvalue weighted by molar-refractivity contribution is 5.77. The summed E-state index contributed by atoms with van der Waals surface area (Å²) < 4.78 is 4.95. The fraction of sp³-hybridized carbons (Fsp3) is 0.333. The van der Waals surface area contributed by atoms with Gasteiger partial charge >= 0.3 is 5.97 Å². The number of benzene rings is 1. The van der Waals surface area contributed by atoms with Crippen molar-refractivity contribution in [3.8, 4) is 11.5 Å². The Hall–Kier alpha value is -2.08. The van der Waals surface area contributed by atoms with Crippen molar-refractivity contribution in [1.82, 2.24) is 4.90 Å². The highest BCUT2D eigenvalue weighted by Crippen LogP contribution is 2.31. The number of likely N-dealkylation sites (N-methyl/N-ethyl adjacent to an activating group) is 1. The molecular weight excluding hydrogens is 238 g/mol. The third-order valence-corrected chi connectivity index (χ3v) is 2.38. The highest BCUT2D eigenvalue weighted by Gasteiger charge is 2.13. The molecule has 6 nitrogen and oxygen atoms in total. The van der Waals surface area contributed by atoms with Crippen LogP contribution >= 0.6 is 0 Å². The third kappa shape index (κ3) is 3.46. The van der Waals surface area contributed by atoms with E-state index in [-0.39, 0.29) is 24.6 Å². The number of carbonyl (C=O) groups excluding carboxylic acids is 1. The Morgan fingerprint density at radius 1 is 1.50 bits per heavy atom. The summed E-state index contributed by atoms with van der Waals surface area (Å²) in [5, 5.41) is 18.5. The van der Waals surface area contributed by atoms with E-state index < -0.39 is 5.97 Å². The zero-order chi connectivity index (χ0) is 13.7. The van der Waals surface area contributed by atoms with E-state index in [0.29, 0.717) is 17.4 Å². The molecule has 1 aromatic rings. The lowest BCUT2D eigenvalue weighted by Crippen LogP contribution is -2.25. The number of phenols is 1. The Morgan fingerprint density at radius 3 is 2.67 bits per heavy atom. The van der Waals surface area contributed by atoms with Gasteiger partial charge in [-0.05, 0) is 19.2 Å². The van der Waals surface area contributed by atoms with Gasteiger partial charge in [-0.3, -0.25) is 14.5 Å². The zero-order valence-corrected chi connectivity index (χ0v) is 10.2. The van der Waals surface area contributed by atoms with Crippen LogP contribution < -0.4 is 4.74 Å². The van der Waals surface area contributed by atoms with E-state index in [4.69, 9.17) is 9.84 Å². The maximum absolute atomic E-state index is 10.8. The number of aldehydes is 1. The minimum absolute atomic E-state index is 0.0830. The fourth-order valence-corrected chi connectivity index (χ4v) is 1.61. The number of phenolic OH excluding ortho intramolecular Hbond substituents is 1. The monoisotopic (exact) mass is 253 g/mol. The summed E-state index contributed by atoms with van der Waals surface area (Å²) in [7, 11) is 2.99. The first kappa shape index (κ1) is 14.0. The van der Waals surface area contributed by atoms with E-state index in [2.05, 4.69) is 0 Å². The number of aromatic hydroxyl groups is 1. The first-order valence-electron chi connectivity index (χ1n) is 5.23. The van der Waals surface area contributed by atoms with Crippen molar-refractivity contribution in [3.63, 3.8) is 0 Å². The second-order valence-electron chi connectivity index (χ2n) is 3.91. The van der Waals surface area contributed by atoms with Crippen molar-refractivity contribution < 1.29 is 24.5 Å². The topological polar surface area (TPSA) is 87.1 Å². The number of nitrogens with zero attached hydrogens (tertiary/aromatic N) is 1. The molecule has 0 atom stereocenters. The quantitative estimate of drug-likeness (QED) is 0.727. The van der Waals surface area contributed by atoms with E-state index in [1.54, 1.807) is 7.05 Å². The van der Waals surface area contributed by atoms with Crippen LogP contribution in [0.4, 0.5) is 0 Å². The molecule has 0 saturated carbocycles. The smallest absolute Gasteiger partial charge is 0.317 e. The van der Waals surface area contributed by atoms with Gasteiger partial charge in [0.05, 0.1) is 13.7 Å². The lowest BCUT2D eigenvalue weighted by molar-refractivity contribution is -0.138. The molecule has 1 rings (SSSR count). The molecule has 0 amide bonds. The summed E-state index contributed by atoms with van der Waals surface area (Å²) in [4.78, 5) is 22.8. The number of hydrogen-bond acceptors (Lipinski definition) is 5. The minimum atomic E-state index is -0.963. The van der Waals surface area contributed by atoms with Gasteiger partial charge < -0.3 is 14.9 Å². The van der Waals surface area contributed by atoms with Gasteiger partial charge in [-0.2, -0.15) is 0 Å². The Labute approximate surface area is 104 Å². The third-order valence-electron chi connectivity index (χ3n) is 2.38. The molecule has 0 aliphatic carbocycles. The molecule has 0 radical (unpaired) electrons. The van der Waals surface area contributed by atoms with E-state index in [1.165, 1.54) is 24.1 Å². The Bertz CT molecular complexity index is 458. The van der Waals surface area contributed by atoms with Gasteiger partial charge in [0.25, 0.3) is 0 Å². The van der Waals surface area contributed by atoms with Crippen LogP contribution in [-0.4, -0.2) is 48.1 Å². The summed E-state index contributed by atoms with van der Waals surface area (Å²) in [6.07, 6.45) is 0.642. The molecule has 6 heteroatoms. The predicted octanol–water partition coefficient (Wildman–Crippen LogP) is 0.730. The summed E-state index contributed by atoms with van der Waals surface area (Å²) in [5.74, 6) is -0.853. The zero-order valence-electron chi connectivity index (χ0n) is 10.2. The van der Waals surface area contributed by atoms with Crippen molar-refractivity contribution in [2.24, 2.45) is 0 Å². The molecule has 98 valence electrons. The first-order chi connectivity index (χ1) is 8.47. The Balaban J connectivity index is 3.00. The standard InChI is InChI=1S/C12H15NO5/c1-13(6-11(15)16)5-9-3-8(7-14)4-10(18-2)12(9)17/h3-4,7,17H,5-6H2,1-2H3,(H,15,16). The van der Waals surface area contributed by atoms with Gasteiger partial charge in [0.2, 0.25) is 0 Å². The average Bonchev–Trinajstić information content (AvgIpc) is 2.30. The molecule has 2 N–H and O–H groups in total. The second kappa shape index (κ2) is 6.02. The maximum atomic E-state index is 10.8. The average molecular weight is 253 g/mol. The summed E-state index contributed by atoms with van der Waals surface area (Å²) in [5.41, 5.74) is 0.809. The van der Waals surface area contributed by atoms with Crippen molar-refractivity contribution in [2.45, 2.75) is 6.54 Å². The molecule has 0 saturated heterocycles. The molecule has 0 spiro atoms. The van der Waals surface area contributed by atoms with Crippen LogP contribution in [0, 0.1) is 0 Å². The second-order valence-corrected chi connectivity index (χ2v) is 3.91. The number of carboxylic acid groups (broad SMARTS) is 1. The van der Waals surface area contributed by atoms with Crippen molar-refractivity contribution >= 4 is 12.3 Å². The Kier molecular flexibility index (Phi) is 4.67. The number of carboxylic acids is 1. The SMILES string of the molecule is COc1cc(C=O)cc(CN(C)CC(=O)O)c1O. The van der Waals surface area contributed by atoms with Gasteiger partial charge in [-0.15, -0.1) is 0 Å². The van der Waals surface area contributed by atoms with Crippen LogP contribution in [0.25, 0.3) is 0 Å². The van der Waals surface area contributed by atoms with Crippen LogP contribution in [-0.2, 0) is 11.3 Å². The molecule has 0 fully saturated rings. The van der Waals surface area contributed by atoms with Crippen LogP contribution in [0.1, 0.15) is 15.9 Å². The van der Waals surface area contributed by atoms with Gasteiger partial charge in [0.1, 0.15) is 6.29 Å². The van der Waals surface area contributed by atoms with Crippen LogP contribution in [0.5, 0.6) is 11.5 Å². The Morgan fingerprint density at radius 2 is 2.17 bits per heavy atom. The first-order valence-corrected chi connectivity index (χ1v) is 5.23. The van der Waals surface area contributed by atoms with Gasteiger partial charge in [-0.1, -0.05) is 0 Å². The minimum Gasteiger partial charge on any atom is -0.504 e. The van der Waals surface area contributed by atoms with Gasteiger partial charge in [0.15, 0.2) is 11.5 Å². The number of ether oxygens (including phenoxy) is 1. The molecule has 0 bridgehead atoms. The number of aliphatic carboxylic acids is 1. The number of carbonyl (C=O) groups is 2. The summed E-state index contributed by atoms with van der Waals surface area (Å²) in [6.45, 7) is 0.0449. The molecule has 18 heavy (non-hydrogen) atoms.